The molecule has 27 heteroatoms. The molecule has 2 unspecified atom stereocenters. The Kier molecular flexibility index (Phi) is 23.2. The van der Waals surface area contributed by atoms with E-state index in [2.05, 4.69) is 89.1 Å². The first-order valence-electron chi connectivity index (χ1n) is 34.3. The summed E-state index contributed by atoms with van der Waals surface area (Å²) in [5, 5.41) is 3.81. The van der Waals surface area contributed by atoms with E-state index in [4.69, 9.17) is 23.4 Å². The molecule has 8 aromatic rings. The van der Waals surface area contributed by atoms with Crippen LogP contribution in [-0.4, -0.2) is 177 Å². The number of aromatic nitrogens is 2. The molecule has 4 atom stereocenters. The number of furan rings is 1. The SMILES string of the molecule is COC(=O)c1ccc(S(=O)(=O)NCCCC(c2ccc(OC)c(OC)c2)N2C(=O)c3cccc(N4CCN([C@H](C)c5ccccc5)CC4)c3C2=O)o1.COc1ccc(C(CCCNS(=O)(=O)c2c(C)nn(C)c2C)N2C(=O)c3cccc(N4CCN([C@H](C)c5ccccc5)CC4)c3C2=O)cc1OC. The molecule has 12 rings (SSSR count). The number of nitrogens with one attached hydrogen (secondary N) is 2. The van der Waals surface area contributed by atoms with Gasteiger partial charge in [-0.3, -0.25) is 43.5 Å². The van der Waals surface area contributed by atoms with Gasteiger partial charge < -0.3 is 37.9 Å². The number of ether oxygens (including phenoxy) is 5. The molecular weight excluding hydrogens is 1360 g/mol. The highest BCUT2D eigenvalue weighted by Gasteiger charge is 2.45. The number of anilines is 2. The fourth-order valence-corrected chi connectivity index (χ4v) is 16.7. The van der Waals surface area contributed by atoms with Gasteiger partial charge in [0.05, 0.1) is 92.6 Å². The molecule has 6 heterocycles. The van der Waals surface area contributed by atoms with Crippen molar-refractivity contribution in [3.63, 3.8) is 0 Å². The second kappa shape index (κ2) is 32.2. The molecule has 4 aliphatic heterocycles. The van der Waals surface area contributed by atoms with Crippen molar-refractivity contribution in [1.82, 2.24) is 38.8 Å². The smallest absolute Gasteiger partial charge is 0.374 e. The molecule has 2 aromatic heterocycles. The van der Waals surface area contributed by atoms with Crippen LogP contribution in [0.1, 0.15) is 149 Å². The van der Waals surface area contributed by atoms with E-state index in [1.165, 1.54) is 54.4 Å². The number of sulfonamides is 2. The van der Waals surface area contributed by atoms with Crippen LogP contribution in [-0.2, 0) is 31.8 Å². The Labute approximate surface area is 601 Å². The summed E-state index contributed by atoms with van der Waals surface area (Å²) >= 11 is 0. The van der Waals surface area contributed by atoms with Crippen LogP contribution in [0.5, 0.6) is 23.0 Å². The van der Waals surface area contributed by atoms with Crippen LogP contribution in [0, 0.1) is 13.8 Å². The number of imide groups is 2. The van der Waals surface area contributed by atoms with Gasteiger partial charge in [0.15, 0.2) is 23.0 Å². The Hall–Kier alpha value is -9.90. The van der Waals surface area contributed by atoms with Gasteiger partial charge in [0, 0.05) is 84.6 Å². The van der Waals surface area contributed by atoms with E-state index in [1.54, 1.807) is 75.2 Å². The lowest BCUT2D eigenvalue weighted by Gasteiger charge is -2.39. The van der Waals surface area contributed by atoms with Crippen LogP contribution in [0.15, 0.2) is 160 Å². The molecule has 2 fully saturated rings. The number of benzene rings is 6. The number of nitrogens with zero attached hydrogens (tertiary/aromatic N) is 8. The van der Waals surface area contributed by atoms with Gasteiger partial charge in [0.25, 0.3) is 33.7 Å². The molecule has 0 aliphatic carbocycles. The van der Waals surface area contributed by atoms with Gasteiger partial charge >= 0.3 is 5.97 Å². The van der Waals surface area contributed by atoms with Crippen molar-refractivity contribution in [2.24, 2.45) is 7.05 Å². The molecule has 0 radical (unpaired) electrons. The van der Waals surface area contributed by atoms with Gasteiger partial charge in [-0.05, 0) is 136 Å². The van der Waals surface area contributed by atoms with Crippen molar-refractivity contribution < 1.29 is 68.9 Å². The molecule has 0 spiro atoms. The standard InChI is InChI=1S/C38H46N6O6S.C38H42N4O9S/c1-25-36(27(3)41(4)40-25)51(47,48)39-19-11-16-31(29-17-18-33(49-5)34(24-29)50-6)44-37(45)30-14-10-15-32(35(30)38(44)46)43-22-20-42(21-23-43)26(2)28-12-8-7-9-13-28;1-25(26-10-6-5-7-11-26)40-20-22-41(23-21-40)30-13-8-12-28-35(30)37(44)42(36(28)43)29(27-15-16-31(48-2)33(24-27)49-3)14-9-19-39-52(46,47)34-18-17-32(51-34)38(45)50-4/h7-10,12-15,17-18,24,26,31,39H,11,16,19-23H2,1-6H3;5-8,10-13,15-18,24-25,29,39H,9,14,19-23H2,1-4H3/t26-,31?;25-,29?/m11/s1. The zero-order valence-corrected chi connectivity index (χ0v) is 61.2. The Morgan fingerprint density at radius 2 is 0.932 bits per heavy atom. The second-order valence-electron chi connectivity index (χ2n) is 25.7. The number of methoxy groups -OCH3 is 5. The number of hydrogen-bond donors (Lipinski definition) is 2. The summed E-state index contributed by atoms with van der Waals surface area (Å²) in [4.78, 5) is 81.0. The number of hydrogen-bond acceptors (Lipinski definition) is 20. The molecule has 0 saturated carbocycles. The van der Waals surface area contributed by atoms with Gasteiger partial charge in [-0.25, -0.2) is 31.1 Å². The maximum Gasteiger partial charge on any atom is 0.374 e. The number of carbonyl (C=O) groups is 5. The van der Waals surface area contributed by atoms with Crippen LogP contribution in [0.3, 0.4) is 0 Å². The van der Waals surface area contributed by atoms with Crippen molar-refractivity contribution in [2.75, 3.05) is 111 Å². The largest absolute Gasteiger partial charge is 0.493 e. The Morgan fingerprint density at radius 1 is 0.505 bits per heavy atom. The number of carbonyl (C=O) groups excluding carboxylic acids is 5. The summed E-state index contributed by atoms with van der Waals surface area (Å²) in [7, 11) is 1.01. The van der Waals surface area contributed by atoms with Gasteiger partial charge in [-0.2, -0.15) is 5.10 Å². The van der Waals surface area contributed by atoms with Crippen LogP contribution in [0.25, 0.3) is 0 Å². The highest BCUT2D eigenvalue weighted by Crippen LogP contribution is 2.44. The predicted octanol–water partition coefficient (Wildman–Crippen LogP) is 10.1. The maximum absolute atomic E-state index is 14.5. The molecule has 544 valence electrons. The first-order chi connectivity index (χ1) is 49.5. The van der Waals surface area contributed by atoms with Gasteiger partial charge in [-0.1, -0.05) is 84.9 Å². The first kappa shape index (κ1) is 74.3. The zero-order valence-electron chi connectivity index (χ0n) is 59.6. The lowest BCUT2D eigenvalue weighted by Crippen LogP contribution is -2.47. The van der Waals surface area contributed by atoms with Gasteiger partial charge in [0.2, 0.25) is 20.9 Å². The summed E-state index contributed by atoms with van der Waals surface area (Å²) in [5.74, 6) is -0.760. The number of amides is 4. The number of fused-ring (bicyclic) bond motifs is 2. The second-order valence-corrected chi connectivity index (χ2v) is 29.1. The Morgan fingerprint density at radius 3 is 1.33 bits per heavy atom. The van der Waals surface area contributed by atoms with Crippen molar-refractivity contribution >= 4 is 61.0 Å². The lowest BCUT2D eigenvalue weighted by atomic mass is 9.99. The van der Waals surface area contributed by atoms with Crippen LogP contribution >= 0.6 is 0 Å². The van der Waals surface area contributed by atoms with E-state index in [9.17, 15) is 40.8 Å². The molecule has 2 saturated heterocycles. The van der Waals surface area contributed by atoms with Crippen LogP contribution < -0.4 is 38.2 Å². The maximum atomic E-state index is 14.5. The van der Waals surface area contributed by atoms with E-state index in [0.29, 0.717) is 112 Å². The topological polar surface area (TPSA) is 274 Å². The highest BCUT2D eigenvalue weighted by atomic mass is 32.2. The monoisotopic (exact) mass is 1440 g/mol. The molecule has 6 aromatic carbocycles. The molecule has 0 bridgehead atoms. The third kappa shape index (κ3) is 15.6. The molecule has 4 amide bonds. The molecular formula is C76H88N10O15S2. The summed E-state index contributed by atoms with van der Waals surface area (Å²) < 4.78 is 90.9. The normalized spacial score (nSPS) is 16.2. The quantitative estimate of drug-likeness (QED) is 0.0275. The zero-order chi connectivity index (χ0) is 73.4. The average Bonchev–Trinajstić information content (AvgIpc) is 1.60. The average molecular weight is 1450 g/mol. The Bertz CT molecular complexity index is 4650. The van der Waals surface area contributed by atoms with E-state index in [1.807, 2.05) is 54.6 Å². The minimum atomic E-state index is -4.11. The van der Waals surface area contributed by atoms with Crippen molar-refractivity contribution in [3.8, 4) is 23.0 Å². The van der Waals surface area contributed by atoms with E-state index in [0.717, 1.165) is 39.0 Å². The fraction of sp³-hybridized carbons (Fsp3) is 0.368. The molecule has 103 heavy (non-hydrogen) atoms. The summed E-state index contributed by atoms with van der Waals surface area (Å²) in [6.07, 6.45) is 1.11. The third-order valence-electron chi connectivity index (χ3n) is 19.9. The summed E-state index contributed by atoms with van der Waals surface area (Å²) in [6, 6.07) is 43.6. The molecule has 4 aliphatic rings. The van der Waals surface area contributed by atoms with Gasteiger partial charge in [-0.15, -0.1) is 0 Å². The first-order valence-corrected chi connectivity index (χ1v) is 37.2. The number of aryl methyl sites for hydroxylation is 2. The minimum absolute atomic E-state index is 0.0412. The minimum Gasteiger partial charge on any atom is -0.493 e. The van der Waals surface area contributed by atoms with Crippen LogP contribution in [0.4, 0.5) is 11.4 Å². The van der Waals surface area contributed by atoms with Crippen molar-refractivity contribution in [2.45, 2.75) is 87.5 Å². The fourth-order valence-electron chi connectivity index (χ4n) is 14.2. The third-order valence-corrected chi connectivity index (χ3v) is 22.9. The predicted molar refractivity (Wildman–Crippen MR) is 387 cm³/mol. The van der Waals surface area contributed by atoms with E-state index in [-0.39, 0.29) is 60.5 Å². The summed E-state index contributed by atoms with van der Waals surface area (Å²) in [6.45, 7) is 13.8. The molecule has 25 nitrogen and oxygen atoms in total. The summed E-state index contributed by atoms with van der Waals surface area (Å²) in [5.41, 5.74) is 7.69. The number of rotatable bonds is 27. The Balaban J connectivity index is 0.000000207. The number of piperazine rings is 2. The van der Waals surface area contributed by atoms with Crippen molar-refractivity contribution in [3.05, 3.63) is 207 Å². The van der Waals surface area contributed by atoms with Crippen molar-refractivity contribution in [1.29, 1.82) is 0 Å². The highest BCUT2D eigenvalue weighted by molar-refractivity contribution is 7.89. The number of esters is 1. The van der Waals surface area contributed by atoms with E-state index < -0.39 is 55.0 Å². The molecule has 2 N–H and O–H groups in total. The van der Waals surface area contributed by atoms with Gasteiger partial charge in [0.1, 0.15) is 4.90 Å². The lowest BCUT2D eigenvalue weighted by molar-refractivity contribution is 0.0551. The van der Waals surface area contributed by atoms with Crippen LogP contribution in [0.2, 0.25) is 0 Å². The van der Waals surface area contributed by atoms with E-state index >= 15 is 0 Å².